The van der Waals surface area contributed by atoms with Crippen molar-refractivity contribution in [2.45, 2.75) is 0 Å². The van der Waals surface area contributed by atoms with Gasteiger partial charge >= 0.3 is 33.9 Å². The Bertz CT molecular complexity index is 146. The second kappa shape index (κ2) is 55.3. The van der Waals surface area contributed by atoms with Gasteiger partial charge in [0.15, 0.2) is 0 Å². The van der Waals surface area contributed by atoms with Crippen LogP contribution in [-0.4, -0.2) is 29.6 Å². The Hall–Kier alpha value is 0.388. The van der Waals surface area contributed by atoms with Crippen LogP contribution in [0, 0.1) is 26.4 Å². The topological polar surface area (TPSA) is 59.7 Å². The van der Waals surface area contributed by atoms with E-state index in [-0.39, 0.29) is 50.6 Å². The van der Waals surface area contributed by atoms with Gasteiger partial charge < -0.3 is 0 Å². The van der Waals surface area contributed by atoms with Crippen molar-refractivity contribution in [3.05, 3.63) is 50.7 Å². The first kappa shape index (κ1) is 29.2. The van der Waals surface area contributed by atoms with Crippen molar-refractivity contribution < 1.29 is 35.0 Å². The van der Waals surface area contributed by atoms with Crippen molar-refractivity contribution in [1.82, 2.24) is 0 Å². The van der Waals surface area contributed by atoms with Crippen LogP contribution >= 0.6 is 0 Å². The van der Waals surface area contributed by atoms with E-state index in [1.165, 1.54) is 0 Å². The van der Waals surface area contributed by atoms with Crippen LogP contribution in [0.5, 0.6) is 0 Å². The SMILES string of the molecule is [C-]#[O+].[C-]#[O+].[C-]#[O+].[CH]1C=CC=C1.[Mo].[Na]. The van der Waals surface area contributed by atoms with Gasteiger partial charge in [-0.3, -0.25) is 0 Å². The van der Waals surface area contributed by atoms with Gasteiger partial charge in [0.2, 0.25) is 0 Å². The van der Waals surface area contributed by atoms with Crippen molar-refractivity contribution in [3.63, 3.8) is 0 Å². The predicted molar refractivity (Wildman–Crippen MR) is 40.1 cm³/mol. The van der Waals surface area contributed by atoms with Crippen LogP contribution in [0.4, 0.5) is 0 Å². The molecule has 0 fully saturated rings. The maximum atomic E-state index is 7.50. The Kier molecular flexibility index (Phi) is 124. The third kappa shape index (κ3) is 46.0. The summed E-state index contributed by atoms with van der Waals surface area (Å²) in [6.07, 6.45) is 10.0. The molecule has 0 aromatic heterocycles. The molecule has 0 bridgehead atoms. The fraction of sp³-hybridized carbons (Fsp3) is 0. The molecule has 3 nitrogen and oxygen atoms in total. The summed E-state index contributed by atoms with van der Waals surface area (Å²) >= 11 is 0. The van der Waals surface area contributed by atoms with Gasteiger partial charge in [-0.05, 0) is 0 Å². The fourth-order valence-corrected chi connectivity index (χ4v) is 0.321. The van der Waals surface area contributed by atoms with E-state index in [0.717, 1.165) is 0 Å². The summed E-state index contributed by atoms with van der Waals surface area (Å²) in [5.74, 6) is 0. The second-order valence-corrected chi connectivity index (χ2v) is 0.962. The number of allylic oxidation sites excluding steroid dienone is 4. The van der Waals surface area contributed by atoms with Crippen LogP contribution in [0.15, 0.2) is 24.3 Å². The predicted octanol–water partition coefficient (Wildman–Crippen LogP) is 0.821. The van der Waals surface area contributed by atoms with Gasteiger partial charge in [-0.25, -0.2) is 0 Å². The molecule has 0 amide bonds. The summed E-state index contributed by atoms with van der Waals surface area (Å²) in [6.45, 7) is 13.5. The van der Waals surface area contributed by atoms with E-state index >= 15 is 0 Å². The van der Waals surface area contributed by atoms with Crippen LogP contribution < -0.4 is 0 Å². The van der Waals surface area contributed by atoms with Crippen LogP contribution in [0.1, 0.15) is 0 Å². The van der Waals surface area contributed by atoms with Crippen molar-refractivity contribution in [2.24, 2.45) is 0 Å². The fourth-order valence-electron chi connectivity index (χ4n) is 0.321. The van der Waals surface area contributed by atoms with E-state index in [1.807, 2.05) is 30.7 Å². The minimum Gasteiger partial charge on any atom is -0.0767 e. The van der Waals surface area contributed by atoms with E-state index in [9.17, 15) is 0 Å². The Morgan fingerprint density at radius 3 is 0.923 bits per heavy atom. The summed E-state index contributed by atoms with van der Waals surface area (Å²) < 4.78 is 22.5. The van der Waals surface area contributed by atoms with Crippen molar-refractivity contribution in [3.8, 4) is 0 Å². The summed E-state index contributed by atoms with van der Waals surface area (Å²) in [7, 11) is 0. The van der Waals surface area contributed by atoms with E-state index in [1.54, 1.807) is 0 Å². The van der Waals surface area contributed by atoms with E-state index in [2.05, 4.69) is 20.0 Å². The molecule has 13 heavy (non-hydrogen) atoms. The molecular weight excluding hydrogens is 263 g/mol. The molecule has 0 atom stereocenters. The van der Waals surface area contributed by atoms with Gasteiger partial charge in [0.05, 0.1) is 0 Å². The van der Waals surface area contributed by atoms with Gasteiger partial charge in [0.1, 0.15) is 0 Å². The second-order valence-electron chi connectivity index (χ2n) is 0.962. The summed E-state index contributed by atoms with van der Waals surface area (Å²) in [5.41, 5.74) is 0. The van der Waals surface area contributed by atoms with Gasteiger partial charge in [0, 0.05) is 57.0 Å². The zero-order valence-corrected chi connectivity index (χ0v) is 11.0. The molecule has 0 heterocycles. The van der Waals surface area contributed by atoms with Crippen LogP contribution in [0.2, 0.25) is 0 Å². The zero-order valence-electron chi connectivity index (χ0n) is 7.02. The van der Waals surface area contributed by atoms with E-state index in [4.69, 9.17) is 14.0 Å². The van der Waals surface area contributed by atoms with Gasteiger partial charge in [-0.15, -0.1) is 0 Å². The third-order valence-corrected chi connectivity index (χ3v) is 0.556. The van der Waals surface area contributed by atoms with Crippen molar-refractivity contribution in [2.75, 3.05) is 0 Å². The van der Waals surface area contributed by atoms with E-state index < -0.39 is 0 Å². The molecule has 0 N–H and O–H groups in total. The standard InChI is InChI=1S/C5H5.3CO.Mo.Na/c1-2-4-5-3-1;3*1-2;;/h1-5H;;;;;. The molecule has 0 unspecified atom stereocenters. The number of rotatable bonds is 0. The number of hydrogen-bond donors (Lipinski definition) is 0. The van der Waals surface area contributed by atoms with Crippen LogP contribution in [0.25, 0.3) is 0 Å². The Balaban J connectivity index is -0.0000000239. The monoisotopic (exact) mass is 270 g/mol. The quantitative estimate of drug-likeness (QED) is 0.355. The molecule has 0 saturated carbocycles. The van der Waals surface area contributed by atoms with Crippen LogP contribution in [-0.2, 0) is 35.0 Å². The minimum atomic E-state index is 0. The van der Waals surface area contributed by atoms with Crippen LogP contribution in [0.3, 0.4) is 0 Å². The Morgan fingerprint density at radius 2 is 0.846 bits per heavy atom. The third-order valence-electron chi connectivity index (χ3n) is 0.556. The first-order valence-electron chi connectivity index (χ1n) is 2.28. The molecular formula is C8H5MoNaO3. The molecule has 1 aliphatic carbocycles. The molecule has 1 aliphatic rings. The van der Waals surface area contributed by atoms with Crippen molar-refractivity contribution in [1.29, 1.82) is 0 Å². The summed E-state index contributed by atoms with van der Waals surface area (Å²) in [5, 5.41) is 0. The zero-order chi connectivity index (χ0) is 9.54. The normalized spacial score (nSPS) is 7.23. The first-order valence-corrected chi connectivity index (χ1v) is 2.28. The first-order chi connectivity index (χ1) is 5.50. The minimum absolute atomic E-state index is 0. The molecule has 1 rings (SSSR count). The largest absolute Gasteiger partial charge is 0.0767 e. The van der Waals surface area contributed by atoms with E-state index in [0.29, 0.717) is 0 Å². The molecule has 62 valence electrons. The van der Waals surface area contributed by atoms with Gasteiger partial charge in [-0.1, -0.05) is 24.3 Å². The molecule has 0 aromatic rings. The molecule has 2 radical (unpaired) electrons. The molecule has 0 aromatic carbocycles. The maximum absolute atomic E-state index is 7.50. The Labute approximate surface area is 114 Å². The Morgan fingerprint density at radius 1 is 0.615 bits per heavy atom. The average molecular weight is 268 g/mol. The molecule has 0 aliphatic heterocycles. The number of hydrogen-bond acceptors (Lipinski definition) is 0. The van der Waals surface area contributed by atoms with Gasteiger partial charge in [0.25, 0.3) is 0 Å². The smallest absolute Gasteiger partial charge is 0.00506 e. The van der Waals surface area contributed by atoms with Gasteiger partial charge in [-0.2, -0.15) is 0 Å². The maximum Gasteiger partial charge on any atom is 0.00506 e. The molecule has 0 saturated heterocycles. The summed E-state index contributed by atoms with van der Waals surface area (Å²) in [6, 6.07) is 0. The average Bonchev–Trinajstić information content (AvgIpc) is 2.71. The van der Waals surface area contributed by atoms with Crippen molar-refractivity contribution >= 4 is 29.6 Å². The summed E-state index contributed by atoms with van der Waals surface area (Å²) in [4.78, 5) is 0. The molecule has 0 spiro atoms. The molecule has 5 heteroatoms.